The molecule has 0 atom stereocenters. The van der Waals surface area contributed by atoms with Crippen LogP contribution in [0.5, 0.6) is 0 Å². The lowest BCUT2D eigenvalue weighted by atomic mass is 10.0. The molecular weight excluding hydrogens is 601 g/mol. The molecule has 0 spiro atoms. The van der Waals surface area contributed by atoms with Gasteiger partial charge in [0.25, 0.3) is 0 Å². The molecule has 12 heteroatoms. The Labute approximate surface area is 269 Å². The first kappa shape index (κ1) is 42.6. The average Bonchev–Trinajstić information content (AvgIpc) is 2.97. The first-order valence-corrected chi connectivity index (χ1v) is 19.5. The number of nitrogens with one attached hydrogen (secondary N) is 1. The van der Waals surface area contributed by atoms with Crippen LogP contribution in [0.3, 0.4) is 0 Å². The molecule has 0 fully saturated rings. The Bertz CT molecular complexity index is 944. The molecular formula is C32H62N2O8SSi. The van der Waals surface area contributed by atoms with Crippen molar-refractivity contribution in [3.63, 3.8) is 0 Å². The Kier molecular flexibility index (Phi) is 24.0. The number of ether oxygens (including phenoxy) is 1. The van der Waals surface area contributed by atoms with Crippen molar-refractivity contribution in [1.29, 1.82) is 0 Å². The molecule has 0 bridgehead atoms. The highest BCUT2D eigenvalue weighted by Crippen LogP contribution is 2.15. The third-order valence-corrected chi connectivity index (χ3v) is 11.0. The number of rotatable bonds is 25. The molecule has 0 heterocycles. The van der Waals surface area contributed by atoms with Crippen molar-refractivity contribution in [3.8, 4) is 0 Å². The van der Waals surface area contributed by atoms with Gasteiger partial charge >= 0.3 is 14.8 Å². The number of carbonyl (C=O) groups is 1. The Morgan fingerprint density at radius 2 is 1.34 bits per heavy atom. The summed E-state index contributed by atoms with van der Waals surface area (Å²) in [4.78, 5) is 11.4. The number of hydrogen-bond acceptors (Lipinski definition) is 9. The summed E-state index contributed by atoms with van der Waals surface area (Å²) in [5, 5.41) is 3.22. The van der Waals surface area contributed by atoms with E-state index in [2.05, 4.69) is 33.4 Å². The van der Waals surface area contributed by atoms with Gasteiger partial charge in [-0.1, -0.05) is 76.8 Å². The van der Waals surface area contributed by atoms with Gasteiger partial charge in [0.15, 0.2) is 0 Å². The van der Waals surface area contributed by atoms with Crippen molar-refractivity contribution in [2.75, 3.05) is 68.7 Å². The van der Waals surface area contributed by atoms with Gasteiger partial charge < -0.3 is 32.4 Å². The van der Waals surface area contributed by atoms with Crippen LogP contribution in [0.2, 0.25) is 6.04 Å². The van der Waals surface area contributed by atoms with Crippen molar-refractivity contribution in [2.45, 2.75) is 101 Å². The molecule has 0 aliphatic rings. The second kappa shape index (κ2) is 24.8. The number of nitrogens with zero attached hydrogens (tertiary/aromatic N) is 1. The van der Waals surface area contributed by atoms with E-state index in [1.54, 1.807) is 33.5 Å². The number of hydrogen-bond donors (Lipinski definition) is 1. The molecule has 44 heavy (non-hydrogen) atoms. The largest absolute Gasteiger partial charge is 0.744 e. The van der Waals surface area contributed by atoms with Gasteiger partial charge in [0.2, 0.25) is 0 Å². The van der Waals surface area contributed by atoms with Crippen LogP contribution in [0, 0.1) is 0 Å². The van der Waals surface area contributed by atoms with Crippen LogP contribution in [-0.2, 0) is 39.3 Å². The molecule has 0 aliphatic carbocycles. The van der Waals surface area contributed by atoms with Gasteiger partial charge in [-0.2, -0.15) is 0 Å². The van der Waals surface area contributed by atoms with Crippen molar-refractivity contribution in [3.05, 3.63) is 29.8 Å². The Hall–Kier alpha value is -1.38. The molecule has 0 saturated heterocycles. The fourth-order valence-electron chi connectivity index (χ4n) is 4.45. The Balaban J connectivity index is 0.000000840. The van der Waals surface area contributed by atoms with E-state index in [-0.39, 0.29) is 10.9 Å². The van der Waals surface area contributed by atoms with Crippen LogP contribution in [0.25, 0.3) is 0 Å². The van der Waals surface area contributed by atoms with E-state index in [9.17, 15) is 17.8 Å². The summed E-state index contributed by atoms with van der Waals surface area (Å²) >= 11 is 0. The molecule has 0 saturated carbocycles. The first-order chi connectivity index (χ1) is 20.8. The molecule has 0 radical (unpaired) electrons. The molecule has 0 aliphatic heterocycles. The summed E-state index contributed by atoms with van der Waals surface area (Å²) < 4.78 is 54.5. The summed E-state index contributed by atoms with van der Waals surface area (Å²) in [6.45, 7) is 4.93. The van der Waals surface area contributed by atoms with Gasteiger partial charge in [0.1, 0.15) is 23.3 Å². The zero-order valence-electron chi connectivity index (χ0n) is 28.7. The number of esters is 1. The molecule has 1 aromatic rings. The van der Waals surface area contributed by atoms with Crippen molar-refractivity contribution in [2.24, 2.45) is 0 Å². The summed E-state index contributed by atoms with van der Waals surface area (Å²) in [5.41, 5.74) is 1.10. The minimum atomic E-state index is -4.31. The molecule has 1 N–H and O–H groups in total. The third kappa shape index (κ3) is 23.0. The van der Waals surface area contributed by atoms with Gasteiger partial charge in [-0.05, 0) is 43.5 Å². The Morgan fingerprint density at radius 3 is 1.82 bits per heavy atom. The zero-order chi connectivity index (χ0) is 33.3. The molecule has 0 aromatic heterocycles. The minimum absolute atomic E-state index is 0.140. The Morgan fingerprint density at radius 1 is 0.818 bits per heavy atom. The number of likely N-dealkylation sites (N-methyl/N-ethyl adjacent to an activating group) is 1. The van der Waals surface area contributed by atoms with Crippen LogP contribution >= 0.6 is 0 Å². The fraction of sp³-hybridized carbons (Fsp3) is 0.781. The van der Waals surface area contributed by atoms with Crippen LogP contribution in [0.1, 0.15) is 89.5 Å². The monoisotopic (exact) mass is 662 g/mol. The maximum Gasteiger partial charge on any atom is 0.500 e. The summed E-state index contributed by atoms with van der Waals surface area (Å²) in [7, 11) is 4.25. The number of aryl methyl sites for hydroxylation is 1. The lowest BCUT2D eigenvalue weighted by Crippen LogP contribution is -2.43. The predicted molar refractivity (Wildman–Crippen MR) is 178 cm³/mol. The van der Waals surface area contributed by atoms with Crippen LogP contribution in [0.15, 0.2) is 29.2 Å². The number of carbonyl (C=O) groups excluding carboxylic acids is 1. The molecule has 0 unspecified atom stereocenters. The summed E-state index contributed by atoms with van der Waals surface area (Å²) in [6.07, 6.45) is 15.3. The van der Waals surface area contributed by atoms with E-state index in [4.69, 9.17) is 18.0 Å². The van der Waals surface area contributed by atoms with Crippen molar-refractivity contribution >= 4 is 24.9 Å². The standard InChI is InChI=1S/C18H30O3S.C14H33N2O5Si/c1-2-3-4-5-6-7-8-9-10-11-12-17-13-15-18(16-14-17)22(19,20)21;1-16(2,3)11-12-21-14(17)8-10-15-9-7-13-22(18-4,19-5)20-6/h13-16H,2-12H2,1H3,(H,19,20,21);15H,7-13H2,1-6H3/q;+1/p-1. The summed E-state index contributed by atoms with van der Waals surface area (Å²) in [5.74, 6) is -0.157. The lowest BCUT2D eigenvalue weighted by Gasteiger charge is -2.24. The van der Waals surface area contributed by atoms with Gasteiger partial charge in [0.05, 0.1) is 32.5 Å². The zero-order valence-corrected chi connectivity index (χ0v) is 30.5. The minimum Gasteiger partial charge on any atom is -0.744 e. The molecule has 10 nitrogen and oxygen atoms in total. The predicted octanol–water partition coefficient (Wildman–Crippen LogP) is 5.54. The SMILES string of the molecule is CCCCCCCCCCCCc1ccc(S(=O)(=O)[O-])cc1.CO[Si](CCCNCCC(=O)OCC[N+](C)(C)C)(OC)OC. The lowest BCUT2D eigenvalue weighted by molar-refractivity contribution is -0.870. The van der Waals surface area contributed by atoms with E-state index in [0.29, 0.717) is 19.6 Å². The van der Waals surface area contributed by atoms with Crippen molar-refractivity contribution < 1.29 is 40.3 Å². The maximum absolute atomic E-state index is 11.5. The molecule has 258 valence electrons. The van der Waals surface area contributed by atoms with Crippen LogP contribution < -0.4 is 5.32 Å². The van der Waals surface area contributed by atoms with E-state index < -0.39 is 18.9 Å². The van der Waals surface area contributed by atoms with Gasteiger partial charge in [-0.3, -0.25) is 4.79 Å². The normalized spacial score (nSPS) is 12.1. The second-order valence-electron chi connectivity index (χ2n) is 12.2. The highest BCUT2D eigenvalue weighted by Gasteiger charge is 2.36. The van der Waals surface area contributed by atoms with Gasteiger partial charge in [-0.15, -0.1) is 0 Å². The van der Waals surface area contributed by atoms with Crippen LogP contribution in [0.4, 0.5) is 0 Å². The molecule has 0 amide bonds. The summed E-state index contributed by atoms with van der Waals surface area (Å²) in [6, 6.07) is 7.07. The number of benzene rings is 1. The van der Waals surface area contributed by atoms with Gasteiger partial charge in [0, 0.05) is 33.9 Å². The van der Waals surface area contributed by atoms with E-state index >= 15 is 0 Å². The highest BCUT2D eigenvalue weighted by molar-refractivity contribution is 7.85. The topological polar surface area (TPSA) is 123 Å². The van der Waals surface area contributed by atoms with Crippen molar-refractivity contribution in [1.82, 2.24) is 5.32 Å². The highest BCUT2D eigenvalue weighted by atomic mass is 32.2. The van der Waals surface area contributed by atoms with E-state index in [0.717, 1.165) is 48.4 Å². The smallest absolute Gasteiger partial charge is 0.500 e. The fourth-order valence-corrected chi connectivity index (χ4v) is 6.64. The quantitative estimate of drug-likeness (QED) is 0.0473. The average molecular weight is 663 g/mol. The van der Waals surface area contributed by atoms with Crippen LogP contribution in [-0.4, -0.2) is 101 Å². The van der Waals surface area contributed by atoms with E-state index in [1.807, 2.05) is 0 Å². The van der Waals surface area contributed by atoms with Gasteiger partial charge in [-0.25, -0.2) is 8.42 Å². The third-order valence-electron chi connectivity index (χ3n) is 7.33. The van der Waals surface area contributed by atoms with E-state index in [1.165, 1.54) is 69.9 Å². The molecule has 1 aromatic carbocycles. The molecule has 1 rings (SSSR count). The first-order valence-electron chi connectivity index (χ1n) is 16.2. The maximum atomic E-state index is 11.5. The number of quaternary nitrogens is 1. The number of unbranched alkanes of at least 4 members (excludes halogenated alkanes) is 9. The second-order valence-corrected chi connectivity index (χ2v) is 16.6.